The van der Waals surface area contributed by atoms with Crippen LogP contribution < -0.4 is 4.74 Å². The van der Waals surface area contributed by atoms with Crippen LogP contribution in [0.3, 0.4) is 0 Å². The smallest absolute Gasteiger partial charge is 0.349 e. The van der Waals surface area contributed by atoms with E-state index < -0.39 is 4.92 Å². The van der Waals surface area contributed by atoms with E-state index in [4.69, 9.17) is 10.00 Å². The molecule has 0 spiro atoms. The van der Waals surface area contributed by atoms with Gasteiger partial charge in [-0.2, -0.15) is 10.2 Å². The molecule has 7 nitrogen and oxygen atoms in total. The van der Waals surface area contributed by atoms with Crippen molar-refractivity contribution in [1.82, 2.24) is 9.97 Å². The third kappa shape index (κ3) is 2.63. The number of ether oxygens (including phenoxy) is 1. The van der Waals surface area contributed by atoms with E-state index in [2.05, 4.69) is 9.97 Å². The van der Waals surface area contributed by atoms with Crippen LogP contribution in [-0.4, -0.2) is 14.9 Å². The summed E-state index contributed by atoms with van der Waals surface area (Å²) in [6, 6.07) is 6.80. The predicted octanol–water partition coefficient (Wildman–Crippen LogP) is 2.36. The van der Waals surface area contributed by atoms with E-state index in [-0.39, 0.29) is 11.6 Å². The number of nitriles is 1. The van der Waals surface area contributed by atoms with Gasteiger partial charge in [-0.25, -0.2) is 4.98 Å². The molecular formula is C12H8N4O3. The molecule has 0 radical (unpaired) electrons. The molecule has 0 saturated heterocycles. The van der Waals surface area contributed by atoms with Crippen molar-refractivity contribution in [2.75, 3.05) is 0 Å². The van der Waals surface area contributed by atoms with E-state index in [0.717, 1.165) is 18.1 Å². The first kappa shape index (κ1) is 12.4. The molecule has 0 bridgehead atoms. The van der Waals surface area contributed by atoms with Crippen LogP contribution in [-0.2, 0) is 0 Å². The normalized spacial score (nSPS) is 9.68. The molecule has 1 aromatic heterocycles. The van der Waals surface area contributed by atoms with Crippen molar-refractivity contribution < 1.29 is 9.66 Å². The maximum Gasteiger partial charge on any atom is 0.349 e. The molecule has 1 aromatic carbocycles. The van der Waals surface area contributed by atoms with E-state index >= 15 is 0 Å². The van der Waals surface area contributed by atoms with E-state index in [9.17, 15) is 10.1 Å². The average Bonchev–Trinajstić information content (AvgIpc) is 2.41. The largest absolute Gasteiger partial charge is 0.433 e. The minimum absolute atomic E-state index is 0.154. The second-order valence-electron chi connectivity index (χ2n) is 3.66. The minimum atomic E-state index is -0.626. The van der Waals surface area contributed by atoms with Crippen LogP contribution in [0.1, 0.15) is 11.1 Å². The average molecular weight is 256 g/mol. The summed E-state index contributed by atoms with van der Waals surface area (Å²) in [6.45, 7) is 1.77. The summed E-state index contributed by atoms with van der Waals surface area (Å²) in [7, 11) is 0. The van der Waals surface area contributed by atoms with Gasteiger partial charge in [0.2, 0.25) is 0 Å². The van der Waals surface area contributed by atoms with Gasteiger partial charge in [0.05, 0.1) is 16.6 Å². The Kier molecular flexibility index (Phi) is 3.34. The van der Waals surface area contributed by atoms with Crippen molar-refractivity contribution in [3.05, 3.63) is 52.0 Å². The van der Waals surface area contributed by atoms with Crippen LogP contribution in [0.4, 0.5) is 5.69 Å². The monoisotopic (exact) mass is 256 g/mol. The molecule has 0 saturated carbocycles. The van der Waals surface area contributed by atoms with Gasteiger partial charge in [0, 0.05) is 0 Å². The Labute approximate surface area is 108 Å². The highest BCUT2D eigenvalue weighted by Gasteiger charge is 2.18. The quantitative estimate of drug-likeness (QED) is 0.617. The molecule has 0 amide bonds. The Balaban J connectivity index is 2.42. The van der Waals surface area contributed by atoms with Gasteiger partial charge >= 0.3 is 11.6 Å². The van der Waals surface area contributed by atoms with Gasteiger partial charge in [-0.1, -0.05) is 6.07 Å². The van der Waals surface area contributed by atoms with Gasteiger partial charge in [-0.3, -0.25) is 10.1 Å². The molecule has 0 unspecified atom stereocenters. The van der Waals surface area contributed by atoms with Gasteiger partial charge in [0.15, 0.2) is 0 Å². The molecule has 19 heavy (non-hydrogen) atoms. The number of benzene rings is 1. The summed E-state index contributed by atoms with van der Waals surface area (Å²) in [5.41, 5.74) is 0.813. The van der Waals surface area contributed by atoms with Crippen LogP contribution in [0, 0.1) is 28.4 Å². The third-order valence-corrected chi connectivity index (χ3v) is 2.38. The lowest BCUT2D eigenvalue weighted by atomic mass is 10.1. The molecule has 0 fully saturated rings. The van der Waals surface area contributed by atoms with Crippen LogP contribution in [0.15, 0.2) is 30.7 Å². The third-order valence-electron chi connectivity index (χ3n) is 2.38. The number of nitrogens with zero attached hydrogens (tertiary/aromatic N) is 4. The Morgan fingerprint density at radius 2 is 2.26 bits per heavy atom. The first-order chi connectivity index (χ1) is 9.11. The standard InChI is InChI=1S/C12H8N4O3/c1-8-2-3-9(5-13)4-11(8)19-12-10(16(17)18)6-14-7-15-12/h2-4,6-7H,1H3. The highest BCUT2D eigenvalue weighted by Crippen LogP contribution is 2.30. The second kappa shape index (κ2) is 5.10. The fourth-order valence-electron chi connectivity index (χ4n) is 1.40. The van der Waals surface area contributed by atoms with Crippen molar-refractivity contribution in [2.24, 2.45) is 0 Å². The summed E-state index contributed by atoms with van der Waals surface area (Å²) in [6.07, 6.45) is 2.22. The summed E-state index contributed by atoms with van der Waals surface area (Å²) in [5.74, 6) is 0.194. The SMILES string of the molecule is Cc1ccc(C#N)cc1Oc1ncncc1[N+](=O)[O-]. The topological polar surface area (TPSA) is 102 Å². The summed E-state index contributed by atoms with van der Waals surface area (Å²) in [5, 5.41) is 19.6. The van der Waals surface area contributed by atoms with Crippen LogP contribution in [0.25, 0.3) is 0 Å². The minimum Gasteiger partial charge on any atom is -0.433 e. The molecular weight excluding hydrogens is 248 g/mol. The molecule has 0 aliphatic rings. The first-order valence-electron chi connectivity index (χ1n) is 5.25. The zero-order valence-corrected chi connectivity index (χ0v) is 9.90. The maximum atomic E-state index is 10.8. The van der Waals surface area contributed by atoms with Gasteiger partial charge in [-0.15, -0.1) is 0 Å². The van der Waals surface area contributed by atoms with Crippen molar-refractivity contribution >= 4 is 5.69 Å². The molecule has 2 rings (SSSR count). The van der Waals surface area contributed by atoms with Gasteiger partial charge in [0.1, 0.15) is 18.3 Å². The van der Waals surface area contributed by atoms with Crippen molar-refractivity contribution in [3.8, 4) is 17.7 Å². The van der Waals surface area contributed by atoms with Crippen LogP contribution in [0.2, 0.25) is 0 Å². The van der Waals surface area contributed by atoms with Gasteiger partial charge < -0.3 is 4.74 Å². The molecule has 7 heteroatoms. The molecule has 1 heterocycles. The summed E-state index contributed by atoms with van der Waals surface area (Å²) >= 11 is 0. The number of aromatic nitrogens is 2. The fourth-order valence-corrected chi connectivity index (χ4v) is 1.40. The first-order valence-corrected chi connectivity index (χ1v) is 5.25. The zero-order valence-electron chi connectivity index (χ0n) is 9.90. The van der Waals surface area contributed by atoms with Crippen molar-refractivity contribution in [1.29, 1.82) is 5.26 Å². The van der Waals surface area contributed by atoms with E-state index in [0.29, 0.717) is 11.3 Å². The molecule has 0 aliphatic carbocycles. The zero-order chi connectivity index (χ0) is 13.8. The van der Waals surface area contributed by atoms with Crippen molar-refractivity contribution in [2.45, 2.75) is 6.92 Å². The second-order valence-corrected chi connectivity index (χ2v) is 3.66. The lowest BCUT2D eigenvalue weighted by Gasteiger charge is -2.07. The number of aryl methyl sites for hydroxylation is 1. The lowest BCUT2D eigenvalue weighted by molar-refractivity contribution is -0.386. The molecule has 0 N–H and O–H groups in total. The molecule has 0 aliphatic heterocycles. The highest BCUT2D eigenvalue weighted by molar-refractivity contribution is 5.46. The summed E-state index contributed by atoms with van der Waals surface area (Å²) < 4.78 is 5.40. The Hall–Kier alpha value is -3.01. The van der Waals surface area contributed by atoms with E-state index in [1.165, 1.54) is 6.07 Å². The number of rotatable bonds is 3. The molecule has 2 aromatic rings. The number of hydrogen-bond donors (Lipinski definition) is 0. The van der Waals surface area contributed by atoms with Gasteiger partial charge in [0.25, 0.3) is 0 Å². The lowest BCUT2D eigenvalue weighted by Crippen LogP contribution is -1.98. The van der Waals surface area contributed by atoms with Crippen molar-refractivity contribution in [3.63, 3.8) is 0 Å². The summed E-state index contributed by atoms with van der Waals surface area (Å²) in [4.78, 5) is 17.5. The van der Waals surface area contributed by atoms with E-state index in [1.807, 2.05) is 6.07 Å². The fraction of sp³-hybridized carbons (Fsp3) is 0.0833. The highest BCUT2D eigenvalue weighted by atomic mass is 16.6. The Morgan fingerprint density at radius 3 is 2.95 bits per heavy atom. The Bertz CT molecular complexity index is 679. The number of nitro groups is 1. The molecule has 94 valence electrons. The van der Waals surface area contributed by atoms with Crippen LogP contribution in [0.5, 0.6) is 11.6 Å². The Morgan fingerprint density at radius 1 is 1.47 bits per heavy atom. The van der Waals surface area contributed by atoms with E-state index in [1.54, 1.807) is 19.1 Å². The van der Waals surface area contributed by atoms with Crippen LogP contribution >= 0.6 is 0 Å². The molecule has 0 atom stereocenters. The maximum absolute atomic E-state index is 10.8. The van der Waals surface area contributed by atoms with Gasteiger partial charge in [-0.05, 0) is 24.6 Å². The number of hydrogen-bond acceptors (Lipinski definition) is 6. The predicted molar refractivity (Wildman–Crippen MR) is 64.7 cm³/mol.